The molecule has 7 heteroatoms. The maximum absolute atomic E-state index is 13.5. The van der Waals surface area contributed by atoms with Crippen LogP contribution in [0.2, 0.25) is 0 Å². The second-order valence-electron chi connectivity index (χ2n) is 3.87. The van der Waals surface area contributed by atoms with Crippen LogP contribution in [0, 0.1) is 21.7 Å². The molecule has 2 aromatic carbocycles. The van der Waals surface area contributed by atoms with E-state index >= 15 is 0 Å². The zero-order valence-electron chi connectivity index (χ0n) is 9.98. The van der Waals surface area contributed by atoms with E-state index in [0.29, 0.717) is 15.8 Å². The van der Waals surface area contributed by atoms with Crippen LogP contribution in [0.5, 0.6) is 0 Å². The Morgan fingerprint density at radius 1 is 1.25 bits per heavy atom. The molecule has 2 aromatic rings. The van der Waals surface area contributed by atoms with Crippen LogP contribution in [-0.4, -0.2) is 4.92 Å². The van der Waals surface area contributed by atoms with Crippen molar-refractivity contribution in [3.8, 4) is 0 Å². The summed E-state index contributed by atoms with van der Waals surface area (Å²) >= 11 is 4.25. The molecule has 20 heavy (non-hydrogen) atoms. The van der Waals surface area contributed by atoms with Crippen molar-refractivity contribution in [2.45, 2.75) is 10.6 Å². The number of nitro groups is 1. The van der Waals surface area contributed by atoms with Crippen molar-refractivity contribution in [2.24, 2.45) is 0 Å². The first-order chi connectivity index (χ1) is 9.49. The SMILES string of the molecule is O=[N+]([O-])c1cccc(CSc2cc(F)ccc2F)c1Br. The number of halogens is 3. The topological polar surface area (TPSA) is 43.1 Å². The Kier molecular flexibility index (Phi) is 4.72. The Morgan fingerprint density at radius 2 is 2.00 bits per heavy atom. The molecule has 0 radical (unpaired) electrons. The van der Waals surface area contributed by atoms with E-state index in [1.54, 1.807) is 12.1 Å². The van der Waals surface area contributed by atoms with E-state index in [0.717, 1.165) is 30.0 Å². The Labute approximate surface area is 126 Å². The van der Waals surface area contributed by atoms with Gasteiger partial charge in [0.2, 0.25) is 0 Å². The van der Waals surface area contributed by atoms with Gasteiger partial charge in [-0.05, 0) is 39.7 Å². The molecule has 0 aromatic heterocycles. The first kappa shape index (κ1) is 14.9. The molecule has 0 aliphatic heterocycles. The first-order valence-electron chi connectivity index (χ1n) is 5.48. The number of thioether (sulfide) groups is 1. The summed E-state index contributed by atoms with van der Waals surface area (Å²) in [4.78, 5) is 10.5. The molecule has 0 aliphatic carbocycles. The standard InChI is InChI=1S/C13H8BrF2NO2S/c14-13-8(2-1-3-11(13)17(18)19)7-20-12-6-9(15)4-5-10(12)16/h1-6H,7H2. The lowest BCUT2D eigenvalue weighted by Crippen LogP contribution is -1.93. The normalized spacial score (nSPS) is 10.6. The Bertz CT molecular complexity index is 667. The van der Waals surface area contributed by atoms with Crippen LogP contribution in [0.1, 0.15) is 5.56 Å². The van der Waals surface area contributed by atoms with E-state index in [9.17, 15) is 18.9 Å². The van der Waals surface area contributed by atoms with Gasteiger partial charge in [-0.25, -0.2) is 8.78 Å². The molecular formula is C13H8BrF2NO2S. The lowest BCUT2D eigenvalue weighted by atomic mass is 10.2. The molecule has 3 nitrogen and oxygen atoms in total. The summed E-state index contributed by atoms with van der Waals surface area (Å²) in [5.41, 5.74) is 0.593. The predicted octanol–water partition coefficient (Wildman–Crippen LogP) is 4.93. The highest BCUT2D eigenvalue weighted by Crippen LogP contribution is 2.33. The third-order valence-corrected chi connectivity index (χ3v) is 4.53. The molecule has 0 saturated heterocycles. The fourth-order valence-corrected chi connectivity index (χ4v) is 3.25. The molecule has 0 aliphatic rings. The van der Waals surface area contributed by atoms with Crippen molar-refractivity contribution < 1.29 is 13.7 Å². The fourth-order valence-electron chi connectivity index (χ4n) is 1.56. The highest BCUT2D eigenvalue weighted by atomic mass is 79.9. The summed E-state index contributed by atoms with van der Waals surface area (Å²) in [6.07, 6.45) is 0. The molecular weight excluding hydrogens is 352 g/mol. The van der Waals surface area contributed by atoms with Crippen LogP contribution in [0.25, 0.3) is 0 Å². The van der Waals surface area contributed by atoms with Crippen molar-refractivity contribution in [1.82, 2.24) is 0 Å². The second kappa shape index (κ2) is 6.32. The van der Waals surface area contributed by atoms with Gasteiger partial charge in [-0.1, -0.05) is 12.1 Å². The Hall–Kier alpha value is -1.47. The lowest BCUT2D eigenvalue weighted by molar-refractivity contribution is -0.385. The molecule has 0 heterocycles. The Morgan fingerprint density at radius 3 is 2.70 bits per heavy atom. The zero-order chi connectivity index (χ0) is 14.7. The van der Waals surface area contributed by atoms with Gasteiger partial charge in [-0.2, -0.15) is 0 Å². The van der Waals surface area contributed by atoms with E-state index < -0.39 is 16.6 Å². The van der Waals surface area contributed by atoms with Gasteiger partial charge in [0.15, 0.2) is 0 Å². The summed E-state index contributed by atoms with van der Waals surface area (Å²) < 4.78 is 26.9. The summed E-state index contributed by atoms with van der Waals surface area (Å²) in [7, 11) is 0. The molecule has 104 valence electrons. The fraction of sp³-hybridized carbons (Fsp3) is 0.0769. The summed E-state index contributed by atoms with van der Waals surface area (Å²) in [5, 5.41) is 10.8. The van der Waals surface area contributed by atoms with Crippen LogP contribution in [-0.2, 0) is 5.75 Å². The van der Waals surface area contributed by atoms with Crippen molar-refractivity contribution >= 4 is 33.4 Å². The van der Waals surface area contributed by atoms with E-state index in [2.05, 4.69) is 15.9 Å². The average Bonchev–Trinajstić information content (AvgIpc) is 2.41. The largest absolute Gasteiger partial charge is 0.283 e. The summed E-state index contributed by atoms with van der Waals surface area (Å²) in [5.74, 6) is -0.743. The van der Waals surface area contributed by atoms with Crippen LogP contribution < -0.4 is 0 Å². The number of nitro benzene ring substituents is 1. The van der Waals surface area contributed by atoms with Gasteiger partial charge >= 0.3 is 0 Å². The third kappa shape index (κ3) is 3.34. The van der Waals surface area contributed by atoms with E-state index in [1.807, 2.05) is 0 Å². The summed E-state index contributed by atoms with van der Waals surface area (Å²) in [6.45, 7) is 0. The van der Waals surface area contributed by atoms with Gasteiger partial charge in [-0.3, -0.25) is 10.1 Å². The first-order valence-corrected chi connectivity index (χ1v) is 7.26. The van der Waals surface area contributed by atoms with Crippen LogP contribution >= 0.6 is 27.7 Å². The van der Waals surface area contributed by atoms with E-state index in [-0.39, 0.29) is 10.6 Å². The number of benzene rings is 2. The maximum atomic E-state index is 13.5. The second-order valence-corrected chi connectivity index (χ2v) is 5.68. The van der Waals surface area contributed by atoms with Crippen LogP contribution in [0.15, 0.2) is 45.8 Å². The van der Waals surface area contributed by atoms with E-state index in [1.165, 1.54) is 6.07 Å². The molecule has 0 saturated carbocycles. The molecule has 0 unspecified atom stereocenters. The van der Waals surface area contributed by atoms with Crippen LogP contribution in [0.4, 0.5) is 14.5 Å². The predicted molar refractivity (Wildman–Crippen MR) is 76.7 cm³/mol. The van der Waals surface area contributed by atoms with Gasteiger partial charge in [-0.15, -0.1) is 11.8 Å². The van der Waals surface area contributed by atoms with Gasteiger partial charge in [0.1, 0.15) is 11.6 Å². The monoisotopic (exact) mass is 359 g/mol. The van der Waals surface area contributed by atoms with Gasteiger partial charge in [0, 0.05) is 16.7 Å². The molecule has 2 rings (SSSR count). The number of hydrogen-bond donors (Lipinski definition) is 0. The minimum absolute atomic E-state index is 0.0529. The highest BCUT2D eigenvalue weighted by molar-refractivity contribution is 9.10. The quantitative estimate of drug-likeness (QED) is 0.441. The molecule has 0 amide bonds. The van der Waals surface area contributed by atoms with Crippen molar-refractivity contribution in [2.75, 3.05) is 0 Å². The molecule has 0 atom stereocenters. The average molecular weight is 360 g/mol. The summed E-state index contributed by atoms with van der Waals surface area (Å²) in [6, 6.07) is 7.83. The Balaban J connectivity index is 2.21. The molecule has 0 spiro atoms. The third-order valence-electron chi connectivity index (χ3n) is 2.53. The van der Waals surface area contributed by atoms with Gasteiger partial charge in [0.25, 0.3) is 5.69 Å². The van der Waals surface area contributed by atoms with Crippen molar-refractivity contribution in [3.63, 3.8) is 0 Å². The number of rotatable bonds is 4. The van der Waals surface area contributed by atoms with Crippen LogP contribution in [0.3, 0.4) is 0 Å². The van der Waals surface area contributed by atoms with Crippen molar-refractivity contribution in [1.29, 1.82) is 0 Å². The minimum atomic E-state index is -0.521. The minimum Gasteiger partial charge on any atom is -0.258 e. The molecule has 0 N–H and O–H groups in total. The smallest absolute Gasteiger partial charge is 0.258 e. The van der Waals surface area contributed by atoms with Gasteiger partial charge < -0.3 is 0 Å². The van der Waals surface area contributed by atoms with E-state index in [4.69, 9.17) is 0 Å². The molecule has 0 fully saturated rings. The molecule has 0 bridgehead atoms. The highest BCUT2D eigenvalue weighted by Gasteiger charge is 2.15. The zero-order valence-corrected chi connectivity index (χ0v) is 12.4. The van der Waals surface area contributed by atoms with Gasteiger partial charge in [0.05, 0.1) is 9.40 Å². The lowest BCUT2D eigenvalue weighted by Gasteiger charge is -2.06. The maximum Gasteiger partial charge on any atom is 0.283 e. The number of hydrogen-bond acceptors (Lipinski definition) is 3. The number of nitrogens with zero attached hydrogens (tertiary/aromatic N) is 1. The van der Waals surface area contributed by atoms with Crippen molar-refractivity contribution in [3.05, 3.63) is 68.2 Å².